The highest BCUT2D eigenvalue weighted by molar-refractivity contribution is 5.81. The molecular formula is C14H27N3O3. The van der Waals surface area contributed by atoms with Gasteiger partial charge in [-0.2, -0.15) is 0 Å². The number of amides is 3. The molecule has 116 valence electrons. The van der Waals surface area contributed by atoms with Gasteiger partial charge in [-0.15, -0.1) is 0 Å². The van der Waals surface area contributed by atoms with Crippen LogP contribution in [0.1, 0.15) is 27.2 Å². The van der Waals surface area contributed by atoms with Gasteiger partial charge in [0.1, 0.15) is 0 Å². The maximum Gasteiger partial charge on any atom is 0.317 e. The second-order valence-corrected chi connectivity index (χ2v) is 6.11. The summed E-state index contributed by atoms with van der Waals surface area (Å²) in [6.45, 7) is 9.39. The molecule has 0 bridgehead atoms. The molecule has 1 saturated heterocycles. The lowest BCUT2D eigenvalue weighted by atomic mass is 9.94. The van der Waals surface area contributed by atoms with Gasteiger partial charge in [0.2, 0.25) is 5.91 Å². The molecule has 0 saturated carbocycles. The zero-order chi connectivity index (χ0) is 15.2. The minimum Gasteiger partial charge on any atom is -0.383 e. The Morgan fingerprint density at radius 3 is 2.30 bits per heavy atom. The summed E-state index contributed by atoms with van der Waals surface area (Å²) >= 11 is 0. The number of carbonyl (C=O) groups is 2. The summed E-state index contributed by atoms with van der Waals surface area (Å²) in [6, 6.07) is -0.0768. The molecule has 0 unspecified atom stereocenters. The maximum atomic E-state index is 12.3. The third-order valence-corrected chi connectivity index (χ3v) is 3.29. The van der Waals surface area contributed by atoms with Gasteiger partial charge in [-0.25, -0.2) is 4.79 Å². The molecule has 1 fully saturated rings. The number of carbonyl (C=O) groups excluding carboxylic acids is 2. The van der Waals surface area contributed by atoms with Crippen LogP contribution in [0.5, 0.6) is 0 Å². The van der Waals surface area contributed by atoms with E-state index >= 15 is 0 Å². The van der Waals surface area contributed by atoms with E-state index in [1.54, 1.807) is 12.0 Å². The van der Waals surface area contributed by atoms with E-state index < -0.39 is 0 Å². The first kappa shape index (κ1) is 16.8. The number of nitrogens with zero attached hydrogens (tertiary/aromatic N) is 2. The van der Waals surface area contributed by atoms with E-state index in [4.69, 9.17) is 4.74 Å². The Labute approximate surface area is 121 Å². The predicted octanol–water partition coefficient (Wildman–Crippen LogP) is 0.923. The average Bonchev–Trinajstić information content (AvgIpc) is 2.62. The van der Waals surface area contributed by atoms with Crippen LogP contribution < -0.4 is 5.32 Å². The van der Waals surface area contributed by atoms with Crippen molar-refractivity contribution in [3.63, 3.8) is 0 Å². The van der Waals surface area contributed by atoms with E-state index in [0.29, 0.717) is 32.8 Å². The normalized spacial score (nSPS) is 16.8. The van der Waals surface area contributed by atoms with Gasteiger partial charge in [0.25, 0.3) is 0 Å². The van der Waals surface area contributed by atoms with E-state index in [-0.39, 0.29) is 17.4 Å². The third kappa shape index (κ3) is 5.00. The molecule has 1 heterocycles. The molecule has 20 heavy (non-hydrogen) atoms. The molecule has 6 heteroatoms. The average molecular weight is 285 g/mol. The molecule has 0 aromatic rings. The number of hydrogen-bond acceptors (Lipinski definition) is 3. The zero-order valence-electron chi connectivity index (χ0n) is 13.1. The van der Waals surface area contributed by atoms with Gasteiger partial charge in [0, 0.05) is 45.2 Å². The van der Waals surface area contributed by atoms with Crippen LogP contribution in [0.25, 0.3) is 0 Å². The number of rotatable bonds is 3. The Kier molecular flexibility index (Phi) is 6.26. The molecular weight excluding hydrogens is 258 g/mol. The van der Waals surface area contributed by atoms with Gasteiger partial charge in [-0.05, 0) is 6.42 Å². The molecule has 1 rings (SSSR count). The van der Waals surface area contributed by atoms with Crippen molar-refractivity contribution >= 4 is 11.9 Å². The van der Waals surface area contributed by atoms with Gasteiger partial charge in [-0.1, -0.05) is 20.8 Å². The fourth-order valence-electron chi connectivity index (χ4n) is 2.17. The highest BCUT2D eigenvalue weighted by atomic mass is 16.5. The minimum atomic E-state index is -0.365. The van der Waals surface area contributed by atoms with Crippen molar-refractivity contribution in [2.45, 2.75) is 27.2 Å². The molecule has 0 aliphatic carbocycles. The van der Waals surface area contributed by atoms with Crippen LogP contribution in [0, 0.1) is 5.41 Å². The highest BCUT2D eigenvalue weighted by Gasteiger charge is 2.29. The number of hydrogen-bond donors (Lipinski definition) is 1. The summed E-state index contributed by atoms with van der Waals surface area (Å²) in [4.78, 5) is 27.8. The number of methoxy groups -OCH3 is 1. The van der Waals surface area contributed by atoms with Crippen LogP contribution in [-0.2, 0) is 9.53 Å². The first-order chi connectivity index (χ1) is 9.36. The standard InChI is InChI=1S/C14H27N3O3/c1-14(2,3)12(18)16-7-5-8-17(10-9-16)13(19)15-6-11-20-4/h5-11H2,1-4H3,(H,15,19). The Balaban J connectivity index is 2.47. The Morgan fingerprint density at radius 2 is 1.70 bits per heavy atom. The van der Waals surface area contributed by atoms with Crippen LogP contribution in [0.3, 0.4) is 0 Å². The smallest absolute Gasteiger partial charge is 0.317 e. The topological polar surface area (TPSA) is 61.9 Å². The summed E-state index contributed by atoms with van der Waals surface area (Å²) < 4.78 is 4.90. The molecule has 1 aliphatic rings. The largest absolute Gasteiger partial charge is 0.383 e. The van der Waals surface area contributed by atoms with Crippen LogP contribution >= 0.6 is 0 Å². The van der Waals surface area contributed by atoms with Crippen LogP contribution in [0.2, 0.25) is 0 Å². The van der Waals surface area contributed by atoms with Gasteiger partial charge in [-0.3, -0.25) is 4.79 Å². The Bertz CT molecular complexity index is 339. The van der Waals surface area contributed by atoms with E-state index in [1.165, 1.54) is 0 Å². The molecule has 0 spiro atoms. The van der Waals surface area contributed by atoms with Gasteiger partial charge >= 0.3 is 6.03 Å². The summed E-state index contributed by atoms with van der Waals surface area (Å²) in [5.74, 6) is 0.152. The molecule has 6 nitrogen and oxygen atoms in total. The van der Waals surface area contributed by atoms with Crippen LogP contribution in [-0.4, -0.2) is 68.2 Å². The summed E-state index contributed by atoms with van der Waals surface area (Å²) in [6.07, 6.45) is 0.819. The summed E-state index contributed by atoms with van der Waals surface area (Å²) in [7, 11) is 1.61. The van der Waals surface area contributed by atoms with Crippen molar-refractivity contribution in [3.05, 3.63) is 0 Å². The van der Waals surface area contributed by atoms with Crippen molar-refractivity contribution in [2.24, 2.45) is 5.41 Å². The first-order valence-electron chi connectivity index (χ1n) is 7.17. The molecule has 0 aromatic heterocycles. The monoisotopic (exact) mass is 285 g/mol. The molecule has 1 aliphatic heterocycles. The van der Waals surface area contributed by atoms with Crippen molar-refractivity contribution in [3.8, 4) is 0 Å². The Hall–Kier alpha value is -1.30. The molecule has 0 aromatic carbocycles. The van der Waals surface area contributed by atoms with Crippen molar-refractivity contribution < 1.29 is 14.3 Å². The van der Waals surface area contributed by atoms with Gasteiger partial charge in [0.05, 0.1) is 6.61 Å². The second-order valence-electron chi connectivity index (χ2n) is 6.11. The number of urea groups is 1. The first-order valence-corrected chi connectivity index (χ1v) is 7.17. The van der Waals surface area contributed by atoms with E-state index in [0.717, 1.165) is 13.0 Å². The predicted molar refractivity (Wildman–Crippen MR) is 77.5 cm³/mol. The molecule has 0 atom stereocenters. The van der Waals surface area contributed by atoms with E-state index in [2.05, 4.69) is 5.32 Å². The lowest BCUT2D eigenvalue weighted by Gasteiger charge is -2.28. The maximum absolute atomic E-state index is 12.3. The number of nitrogens with one attached hydrogen (secondary N) is 1. The lowest BCUT2D eigenvalue weighted by Crippen LogP contribution is -2.44. The van der Waals surface area contributed by atoms with Gasteiger partial charge in [0.15, 0.2) is 0 Å². The SMILES string of the molecule is COCCNC(=O)N1CCCN(C(=O)C(C)(C)C)CC1. The lowest BCUT2D eigenvalue weighted by molar-refractivity contribution is -0.139. The molecule has 1 N–H and O–H groups in total. The third-order valence-electron chi connectivity index (χ3n) is 3.29. The van der Waals surface area contributed by atoms with Gasteiger partial charge < -0.3 is 19.9 Å². The van der Waals surface area contributed by atoms with Crippen molar-refractivity contribution in [2.75, 3.05) is 46.4 Å². The quantitative estimate of drug-likeness (QED) is 0.785. The van der Waals surface area contributed by atoms with Crippen molar-refractivity contribution in [1.29, 1.82) is 0 Å². The van der Waals surface area contributed by atoms with E-state index in [1.807, 2.05) is 25.7 Å². The zero-order valence-corrected chi connectivity index (χ0v) is 13.1. The van der Waals surface area contributed by atoms with Crippen LogP contribution in [0.15, 0.2) is 0 Å². The fourth-order valence-corrected chi connectivity index (χ4v) is 2.17. The fraction of sp³-hybridized carbons (Fsp3) is 0.857. The summed E-state index contributed by atoms with van der Waals surface area (Å²) in [5.41, 5.74) is -0.365. The Morgan fingerprint density at radius 1 is 1.10 bits per heavy atom. The second kappa shape index (κ2) is 7.47. The summed E-state index contributed by atoms with van der Waals surface area (Å²) in [5, 5.41) is 2.81. The molecule has 0 radical (unpaired) electrons. The minimum absolute atomic E-state index is 0.0768. The highest BCUT2D eigenvalue weighted by Crippen LogP contribution is 2.18. The van der Waals surface area contributed by atoms with E-state index in [9.17, 15) is 9.59 Å². The van der Waals surface area contributed by atoms with Crippen molar-refractivity contribution in [1.82, 2.24) is 15.1 Å². The van der Waals surface area contributed by atoms with Crippen LogP contribution in [0.4, 0.5) is 4.79 Å². The molecule has 3 amide bonds. The number of ether oxygens (including phenoxy) is 1.